The fraction of sp³-hybridized carbons (Fsp3) is 0.462. The lowest BCUT2D eigenvalue weighted by Crippen LogP contribution is -2.28. The molecule has 0 aliphatic carbocycles. The molecule has 2 bridgehead atoms. The zero-order valence-electron chi connectivity index (χ0n) is 8.95. The maximum absolute atomic E-state index is 12.3. The van der Waals surface area contributed by atoms with Crippen LogP contribution in [0, 0.1) is 5.92 Å². The molecule has 1 aromatic carbocycles. The van der Waals surface area contributed by atoms with Crippen LogP contribution in [-0.2, 0) is 0 Å². The second kappa shape index (κ2) is 3.86. The van der Waals surface area contributed by atoms with E-state index in [1.54, 1.807) is 6.07 Å². The van der Waals surface area contributed by atoms with E-state index in [9.17, 15) is 4.79 Å². The molecule has 2 fully saturated rings. The van der Waals surface area contributed by atoms with Crippen molar-refractivity contribution in [3.05, 3.63) is 34.9 Å². The van der Waals surface area contributed by atoms with Crippen molar-refractivity contribution in [1.82, 2.24) is 5.32 Å². The molecule has 1 aromatic rings. The van der Waals surface area contributed by atoms with E-state index in [0.717, 1.165) is 12.8 Å². The molecule has 3 atom stereocenters. The number of nitrogens with one attached hydrogen (secondary N) is 1. The number of fused-ring (bicyclic) bond motifs is 2. The zero-order valence-corrected chi connectivity index (χ0v) is 9.70. The molecule has 0 amide bonds. The summed E-state index contributed by atoms with van der Waals surface area (Å²) in [6.45, 7) is 0. The van der Waals surface area contributed by atoms with Crippen LogP contribution in [0.1, 0.15) is 29.6 Å². The molecule has 16 heavy (non-hydrogen) atoms. The molecule has 0 radical (unpaired) electrons. The topological polar surface area (TPSA) is 29.1 Å². The highest BCUT2D eigenvalue weighted by Gasteiger charge is 2.43. The minimum atomic E-state index is 0.138. The van der Waals surface area contributed by atoms with Crippen molar-refractivity contribution in [3.63, 3.8) is 0 Å². The Bertz CT molecular complexity index is 432. The molecule has 3 heteroatoms. The molecule has 0 saturated carbocycles. The smallest absolute Gasteiger partial charge is 0.169 e. The Morgan fingerprint density at radius 3 is 2.75 bits per heavy atom. The predicted octanol–water partition coefficient (Wildman–Crippen LogP) is 2.66. The van der Waals surface area contributed by atoms with Crippen LogP contribution in [0.4, 0.5) is 0 Å². The van der Waals surface area contributed by atoms with Crippen LogP contribution in [0.25, 0.3) is 0 Å². The van der Waals surface area contributed by atoms with Gasteiger partial charge in [-0.25, -0.2) is 0 Å². The first kappa shape index (κ1) is 10.3. The van der Waals surface area contributed by atoms with Crippen LogP contribution in [-0.4, -0.2) is 17.9 Å². The van der Waals surface area contributed by atoms with Gasteiger partial charge in [0.1, 0.15) is 0 Å². The highest BCUT2D eigenvalue weighted by Crippen LogP contribution is 2.36. The van der Waals surface area contributed by atoms with Gasteiger partial charge in [0.25, 0.3) is 0 Å². The summed E-state index contributed by atoms with van der Waals surface area (Å²) >= 11 is 6.06. The Morgan fingerprint density at radius 2 is 2.12 bits per heavy atom. The lowest BCUT2D eigenvalue weighted by atomic mass is 9.84. The molecule has 2 nitrogen and oxygen atoms in total. The Kier molecular flexibility index (Phi) is 2.49. The van der Waals surface area contributed by atoms with E-state index in [1.807, 2.05) is 18.2 Å². The lowest BCUT2D eigenvalue weighted by Gasteiger charge is -2.19. The standard InChI is InChI=1S/C13H14ClNO/c14-11-4-2-1-3-9(11)13(16)10-7-8-5-6-12(10)15-8/h1-4,8,10,12,15H,5-7H2. The number of ketones is 1. The summed E-state index contributed by atoms with van der Waals surface area (Å²) in [4.78, 5) is 12.3. The second-order valence-electron chi connectivity index (χ2n) is 4.73. The van der Waals surface area contributed by atoms with Crippen molar-refractivity contribution in [2.24, 2.45) is 5.92 Å². The van der Waals surface area contributed by atoms with E-state index in [4.69, 9.17) is 11.6 Å². The summed E-state index contributed by atoms with van der Waals surface area (Å²) in [5.41, 5.74) is 0.684. The Balaban J connectivity index is 1.86. The number of halogens is 1. The lowest BCUT2D eigenvalue weighted by molar-refractivity contribution is 0.0901. The highest BCUT2D eigenvalue weighted by molar-refractivity contribution is 6.34. The number of rotatable bonds is 2. The van der Waals surface area contributed by atoms with Gasteiger partial charge in [0, 0.05) is 23.6 Å². The van der Waals surface area contributed by atoms with E-state index in [0.29, 0.717) is 22.7 Å². The highest BCUT2D eigenvalue weighted by atomic mass is 35.5. The van der Waals surface area contributed by atoms with Crippen LogP contribution in [0.5, 0.6) is 0 Å². The molecule has 84 valence electrons. The number of hydrogen-bond acceptors (Lipinski definition) is 2. The van der Waals surface area contributed by atoms with Gasteiger partial charge in [0.05, 0.1) is 5.02 Å². The molecular formula is C13H14ClNO. The summed E-state index contributed by atoms with van der Waals surface area (Å²) in [6, 6.07) is 8.29. The SMILES string of the molecule is O=C(c1ccccc1Cl)C1CC2CCC1N2. The van der Waals surface area contributed by atoms with Crippen LogP contribution >= 0.6 is 11.6 Å². The predicted molar refractivity (Wildman–Crippen MR) is 63.8 cm³/mol. The van der Waals surface area contributed by atoms with Crippen LogP contribution < -0.4 is 5.32 Å². The van der Waals surface area contributed by atoms with Crippen molar-refractivity contribution in [1.29, 1.82) is 0 Å². The van der Waals surface area contributed by atoms with Crippen molar-refractivity contribution in [2.75, 3.05) is 0 Å². The Hall–Kier alpha value is -0.860. The molecule has 1 N–H and O–H groups in total. The van der Waals surface area contributed by atoms with Gasteiger partial charge < -0.3 is 5.32 Å². The van der Waals surface area contributed by atoms with E-state index in [-0.39, 0.29) is 11.7 Å². The number of carbonyl (C=O) groups excluding carboxylic acids is 1. The van der Waals surface area contributed by atoms with Gasteiger partial charge in [-0.15, -0.1) is 0 Å². The minimum absolute atomic E-state index is 0.138. The molecule has 3 rings (SSSR count). The van der Waals surface area contributed by atoms with Crippen LogP contribution in [0.3, 0.4) is 0 Å². The first-order chi connectivity index (χ1) is 7.75. The maximum Gasteiger partial charge on any atom is 0.169 e. The first-order valence-corrected chi connectivity index (χ1v) is 6.18. The number of hydrogen-bond donors (Lipinski definition) is 1. The average Bonchev–Trinajstić information content (AvgIpc) is 2.90. The van der Waals surface area contributed by atoms with Crippen molar-refractivity contribution >= 4 is 17.4 Å². The second-order valence-corrected chi connectivity index (χ2v) is 5.14. The van der Waals surface area contributed by atoms with E-state index < -0.39 is 0 Å². The summed E-state index contributed by atoms with van der Waals surface area (Å²) in [5, 5.41) is 4.06. The molecule has 2 aliphatic heterocycles. The number of Topliss-reactive ketones (excluding diaryl/α,β-unsaturated/α-hetero) is 1. The number of benzene rings is 1. The molecule has 2 saturated heterocycles. The molecule has 0 spiro atoms. The van der Waals surface area contributed by atoms with Gasteiger partial charge in [-0.05, 0) is 31.4 Å². The van der Waals surface area contributed by atoms with Crippen molar-refractivity contribution in [2.45, 2.75) is 31.3 Å². The van der Waals surface area contributed by atoms with Gasteiger partial charge in [0.2, 0.25) is 0 Å². The third-order valence-corrected chi connectivity index (χ3v) is 4.11. The third kappa shape index (κ3) is 1.57. The normalized spacial score (nSPS) is 31.9. The largest absolute Gasteiger partial charge is 0.310 e. The van der Waals surface area contributed by atoms with Gasteiger partial charge >= 0.3 is 0 Å². The van der Waals surface area contributed by atoms with E-state index >= 15 is 0 Å². The Morgan fingerprint density at radius 1 is 1.31 bits per heavy atom. The number of carbonyl (C=O) groups is 1. The Labute approximate surface area is 100.0 Å². The van der Waals surface area contributed by atoms with E-state index in [1.165, 1.54) is 6.42 Å². The summed E-state index contributed by atoms with van der Waals surface area (Å²) in [6.07, 6.45) is 3.33. The van der Waals surface area contributed by atoms with Crippen molar-refractivity contribution in [3.8, 4) is 0 Å². The van der Waals surface area contributed by atoms with Gasteiger partial charge in [0.15, 0.2) is 5.78 Å². The van der Waals surface area contributed by atoms with Crippen LogP contribution in [0.15, 0.2) is 24.3 Å². The monoisotopic (exact) mass is 235 g/mol. The minimum Gasteiger partial charge on any atom is -0.310 e. The third-order valence-electron chi connectivity index (χ3n) is 3.78. The average molecular weight is 236 g/mol. The summed E-state index contributed by atoms with van der Waals surface area (Å²) < 4.78 is 0. The quantitative estimate of drug-likeness (QED) is 0.799. The fourth-order valence-electron chi connectivity index (χ4n) is 2.97. The molecular weight excluding hydrogens is 222 g/mol. The summed E-state index contributed by atoms with van der Waals surface area (Å²) in [7, 11) is 0. The van der Waals surface area contributed by atoms with Crippen LogP contribution in [0.2, 0.25) is 5.02 Å². The van der Waals surface area contributed by atoms with Crippen molar-refractivity contribution < 1.29 is 4.79 Å². The summed E-state index contributed by atoms with van der Waals surface area (Å²) in [5.74, 6) is 0.351. The van der Waals surface area contributed by atoms with Gasteiger partial charge in [-0.2, -0.15) is 0 Å². The van der Waals surface area contributed by atoms with E-state index in [2.05, 4.69) is 5.32 Å². The fourth-order valence-corrected chi connectivity index (χ4v) is 3.20. The maximum atomic E-state index is 12.3. The molecule has 2 aliphatic rings. The van der Waals surface area contributed by atoms with Gasteiger partial charge in [-0.3, -0.25) is 4.79 Å². The van der Waals surface area contributed by atoms with Gasteiger partial charge in [-0.1, -0.05) is 23.7 Å². The molecule has 3 unspecified atom stereocenters. The zero-order chi connectivity index (χ0) is 11.1. The molecule has 0 aromatic heterocycles. The first-order valence-electron chi connectivity index (χ1n) is 5.80. The molecule has 2 heterocycles.